The number of carbonyl (C=O) groups excluding carboxylic acids is 1. The number of halogens is 1. The van der Waals surface area contributed by atoms with Crippen molar-refractivity contribution in [3.63, 3.8) is 0 Å². The van der Waals surface area contributed by atoms with E-state index in [2.05, 4.69) is 26.2 Å². The molecule has 92 valence electrons. The molecule has 0 saturated carbocycles. The minimum Gasteiger partial charge on any atom is -0.325 e. The van der Waals surface area contributed by atoms with Crippen LogP contribution in [0.5, 0.6) is 0 Å². The van der Waals surface area contributed by atoms with Gasteiger partial charge in [0.1, 0.15) is 0 Å². The number of rotatable bonds is 3. The lowest BCUT2D eigenvalue weighted by Gasteiger charge is -2.08. The van der Waals surface area contributed by atoms with Crippen LogP contribution in [0.4, 0.5) is 5.69 Å². The molecule has 0 spiro atoms. The Bertz CT molecular complexity index is 555. The van der Waals surface area contributed by atoms with E-state index in [0.29, 0.717) is 6.42 Å². The fraction of sp³-hybridized carbons (Fsp3) is 0.143. The van der Waals surface area contributed by atoms with E-state index in [1.807, 2.05) is 37.3 Å². The van der Waals surface area contributed by atoms with Crippen molar-refractivity contribution in [1.29, 1.82) is 0 Å². The van der Waals surface area contributed by atoms with E-state index in [1.54, 1.807) is 12.4 Å². The lowest BCUT2D eigenvalue weighted by Crippen LogP contribution is -2.14. The van der Waals surface area contributed by atoms with Crippen molar-refractivity contribution >= 4 is 27.5 Å². The van der Waals surface area contributed by atoms with Gasteiger partial charge >= 0.3 is 0 Å². The second-order valence-electron chi connectivity index (χ2n) is 4.07. The molecule has 0 bridgehead atoms. The van der Waals surface area contributed by atoms with Crippen LogP contribution < -0.4 is 5.32 Å². The predicted octanol–water partition coefficient (Wildman–Crippen LogP) is 3.33. The number of aromatic nitrogens is 1. The van der Waals surface area contributed by atoms with E-state index in [4.69, 9.17) is 0 Å². The van der Waals surface area contributed by atoms with Crippen molar-refractivity contribution in [2.24, 2.45) is 0 Å². The number of benzene rings is 1. The second-order valence-corrected chi connectivity index (χ2v) is 4.92. The number of hydrogen-bond acceptors (Lipinski definition) is 2. The van der Waals surface area contributed by atoms with Crippen molar-refractivity contribution in [2.75, 3.05) is 5.32 Å². The van der Waals surface area contributed by atoms with Crippen molar-refractivity contribution in [3.05, 3.63) is 58.3 Å². The fourth-order valence-electron chi connectivity index (χ4n) is 1.60. The summed E-state index contributed by atoms with van der Waals surface area (Å²) in [5.41, 5.74) is 2.83. The highest BCUT2D eigenvalue weighted by atomic mass is 79.9. The Labute approximate surface area is 114 Å². The molecule has 0 radical (unpaired) electrons. The number of nitrogens with zero attached hydrogens (tertiary/aromatic N) is 1. The molecule has 0 aliphatic carbocycles. The van der Waals surface area contributed by atoms with Gasteiger partial charge in [-0.2, -0.15) is 0 Å². The van der Waals surface area contributed by atoms with E-state index >= 15 is 0 Å². The van der Waals surface area contributed by atoms with Gasteiger partial charge in [-0.1, -0.05) is 12.1 Å². The highest BCUT2D eigenvalue weighted by Crippen LogP contribution is 2.23. The third-order valence-corrected chi connectivity index (χ3v) is 3.14. The van der Waals surface area contributed by atoms with E-state index in [0.717, 1.165) is 21.3 Å². The van der Waals surface area contributed by atoms with Gasteiger partial charge in [-0.05, 0) is 52.2 Å². The highest BCUT2D eigenvalue weighted by Gasteiger charge is 2.06. The van der Waals surface area contributed by atoms with Crippen molar-refractivity contribution in [3.8, 4) is 0 Å². The summed E-state index contributed by atoms with van der Waals surface area (Å²) in [5, 5.41) is 2.87. The number of anilines is 1. The van der Waals surface area contributed by atoms with E-state index in [1.165, 1.54) is 0 Å². The molecule has 1 heterocycles. The Morgan fingerprint density at radius 3 is 2.89 bits per heavy atom. The van der Waals surface area contributed by atoms with Gasteiger partial charge in [0, 0.05) is 16.9 Å². The minimum absolute atomic E-state index is 0.0486. The van der Waals surface area contributed by atoms with Crippen LogP contribution in [-0.4, -0.2) is 10.9 Å². The first-order valence-corrected chi connectivity index (χ1v) is 6.39. The van der Waals surface area contributed by atoms with Crippen molar-refractivity contribution < 1.29 is 4.79 Å². The number of pyridine rings is 1. The van der Waals surface area contributed by atoms with Gasteiger partial charge in [-0.3, -0.25) is 9.78 Å². The quantitative estimate of drug-likeness (QED) is 0.945. The maximum atomic E-state index is 11.9. The molecule has 1 amide bonds. The summed E-state index contributed by atoms with van der Waals surface area (Å²) in [6.07, 6.45) is 3.72. The molecule has 18 heavy (non-hydrogen) atoms. The Hall–Kier alpha value is -1.68. The topological polar surface area (TPSA) is 42.0 Å². The molecule has 1 N–H and O–H groups in total. The van der Waals surface area contributed by atoms with Crippen LogP contribution in [0.1, 0.15) is 11.1 Å². The summed E-state index contributed by atoms with van der Waals surface area (Å²) in [4.78, 5) is 15.8. The predicted molar refractivity (Wildman–Crippen MR) is 75.4 cm³/mol. The molecule has 0 atom stereocenters. The number of hydrogen-bond donors (Lipinski definition) is 1. The summed E-state index contributed by atoms with van der Waals surface area (Å²) in [6.45, 7) is 2.01. The van der Waals surface area contributed by atoms with Gasteiger partial charge in [0.15, 0.2) is 0 Å². The standard InChI is InChI=1S/C14H13BrN2O/c1-10-4-5-13(12(15)7-10)17-14(18)8-11-3-2-6-16-9-11/h2-7,9H,8H2,1H3,(H,17,18). The van der Waals surface area contributed by atoms with Crippen molar-refractivity contribution in [2.45, 2.75) is 13.3 Å². The van der Waals surface area contributed by atoms with Crippen LogP contribution in [0.15, 0.2) is 47.2 Å². The molecule has 2 rings (SSSR count). The molecular weight excluding hydrogens is 292 g/mol. The SMILES string of the molecule is Cc1ccc(NC(=O)Cc2cccnc2)c(Br)c1. The molecular formula is C14H13BrN2O. The van der Waals surface area contributed by atoms with Crippen LogP contribution in [0.3, 0.4) is 0 Å². The van der Waals surface area contributed by atoms with Crippen LogP contribution in [0, 0.1) is 6.92 Å². The van der Waals surface area contributed by atoms with Crippen molar-refractivity contribution in [1.82, 2.24) is 4.98 Å². The molecule has 0 aliphatic rings. The average Bonchev–Trinajstić information content (AvgIpc) is 2.34. The smallest absolute Gasteiger partial charge is 0.228 e. The van der Waals surface area contributed by atoms with Gasteiger partial charge in [0.25, 0.3) is 0 Å². The molecule has 3 nitrogen and oxygen atoms in total. The number of aryl methyl sites for hydroxylation is 1. The Kier molecular flexibility index (Phi) is 4.10. The van der Waals surface area contributed by atoms with Crippen LogP contribution in [0.25, 0.3) is 0 Å². The maximum absolute atomic E-state index is 11.9. The average molecular weight is 305 g/mol. The highest BCUT2D eigenvalue weighted by molar-refractivity contribution is 9.10. The first-order chi connectivity index (χ1) is 8.65. The monoisotopic (exact) mass is 304 g/mol. The fourth-order valence-corrected chi connectivity index (χ4v) is 2.20. The lowest BCUT2D eigenvalue weighted by molar-refractivity contribution is -0.115. The molecule has 4 heteroatoms. The minimum atomic E-state index is -0.0486. The van der Waals surface area contributed by atoms with Gasteiger partial charge < -0.3 is 5.32 Å². The van der Waals surface area contributed by atoms with E-state index in [-0.39, 0.29) is 5.91 Å². The summed E-state index contributed by atoms with van der Waals surface area (Å²) in [6, 6.07) is 9.53. The summed E-state index contributed by atoms with van der Waals surface area (Å²) < 4.78 is 0.891. The second kappa shape index (κ2) is 5.78. The zero-order chi connectivity index (χ0) is 13.0. The number of nitrogens with one attached hydrogen (secondary N) is 1. The van der Waals surface area contributed by atoms with Gasteiger partial charge in [0.05, 0.1) is 12.1 Å². The van der Waals surface area contributed by atoms with Gasteiger partial charge in [-0.25, -0.2) is 0 Å². The number of carbonyl (C=O) groups is 1. The molecule has 1 aromatic carbocycles. The normalized spacial score (nSPS) is 10.1. The lowest BCUT2D eigenvalue weighted by atomic mass is 10.2. The summed E-state index contributed by atoms with van der Waals surface area (Å²) >= 11 is 3.43. The molecule has 0 fully saturated rings. The van der Waals surface area contributed by atoms with Gasteiger partial charge in [0.2, 0.25) is 5.91 Å². The third kappa shape index (κ3) is 3.40. The summed E-state index contributed by atoms with van der Waals surface area (Å²) in [7, 11) is 0. The van der Waals surface area contributed by atoms with Gasteiger partial charge in [-0.15, -0.1) is 0 Å². The Morgan fingerprint density at radius 1 is 1.39 bits per heavy atom. The third-order valence-electron chi connectivity index (χ3n) is 2.49. The zero-order valence-electron chi connectivity index (χ0n) is 9.98. The first-order valence-electron chi connectivity index (χ1n) is 5.60. The van der Waals surface area contributed by atoms with Crippen LogP contribution in [0.2, 0.25) is 0 Å². The molecule has 2 aromatic rings. The molecule has 0 saturated heterocycles. The Balaban J connectivity index is 2.03. The molecule has 1 aromatic heterocycles. The number of amides is 1. The Morgan fingerprint density at radius 2 is 2.22 bits per heavy atom. The van der Waals surface area contributed by atoms with Crippen LogP contribution >= 0.6 is 15.9 Å². The van der Waals surface area contributed by atoms with E-state index < -0.39 is 0 Å². The summed E-state index contributed by atoms with van der Waals surface area (Å²) in [5.74, 6) is -0.0486. The van der Waals surface area contributed by atoms with E-state index in [9.17, 15) is 4.79 Å². The molecule has 0 unspecified atom stereocenters. The van der Waals surface area contributed by atoms with Crippen LogP contribution in [-0.2, 0) is 11.2 Å². The zero-order valence-corrected chi connectivity index (χ0v) is 11.6. The first kappa shape index (κ1) is 12.8. The molecule has 0 aliphatic heterocycles. The largest absolute Gasteiger partial charge is 0.325 e. The maximum Gasteiger partial charge on any atom is 0.228 e.